The number of nitrogens with zero attached hydrogens (tertiary/aromatic N) is 2. The van der Waals surface area contributed by atoms with Crippen molar-refractivity contribution in [2.75, 3.05) is 11.9 Å². The lowest BCUT2D eigenvalue weighted by Gasteiger charge is -2.20. The Morgan fingerprint density at radius 2 is 1.89 bits per heavy atom. The van der Waals surface area contributed by atoms with Gasteiger partial charge in [-0.1, -0.05) is 15.9 Å². The molecule has 1 aromatic carbocycles. The van der Waals surface area contributed by atoms with Gasteiger partial charge in [0.2, 0.25) is 0 Å². The Morgan fingerprint density at radius 3 is 2.56 bits per heavy atom. The molecule has 0 amide bonds. The highest BCUT2D eigenvalue weighted by Gasteiger charge is 2.04. The van der Waals surface area contributed by atoms with Gasteiger partial charge in [0.15, 0.2) is 0 Å². The molecule has 0 aliphatic heterocycles. The van der Waals surface area contributed by atoms with Gasteiger partial charge in [0.25, 0.3) is 0 Å². The molecule has 0 bridgehead atoms. The smallest absolute Gasteiger partial charge is 0.0427 e. The minimum absolute atomic E-state index is 0.551. The fraction of sp³-hybridized carbons (Fsp3) is 0.214. The third kappa shape index (κ3) is 3.31. The van der Waals surface area contributed by atoms with Gasteiger partial charge >= 0.3 is 0 Å². The molecule has 0 atom stereocenters. The minimum Gasteiger partial charge on any atom is -0.370 e. The first-order chi connectivity index (χ1) is 8.69. The second kappa shape index (κ2) is 5.98. The maximum atomic E-state index is 5.69. The van der Waals surface area contributed by atoms with Crippen molar-refractivity contribution in [3.8, 4) is 0 Å². The first-order valence-electron chi connectivity index (χ1n) is 5.78. The summed E-state index contributed by atoms with van der Waals surface area (Å²) in [6.07, 6.45) is 3.63. The molecule has 1 heterocycles. The van der Waals surface area contributed by atoms with Crippen LogP contribution in [0.1, 0.15) is 11.1 Å². The molecule has 94 valence electrons. The van der Waals surface area contributed by atoms with E-state index in [1.807, 2.05) is 30.6 Å². The number of halogens is 1. The minimum atomic E-state index is 0.551. The molecule has 2 aromatic rings. The summed E-state index contributed by atoms with van der Waals surface area (Å²) >= 11 is 3.52. The molecule has 2 rings (SSSR count). The Bertz CT molecular complexity index is 514. The zero-order valence-corrected chi connectivity index (χ0v) is 11.9. The number of aromatic nitrogens is 1. The molecular formula is C14H16BrN3. The maximum Gasteiger partial charge on any atom is 0.0427 e. The Balaban J connectivity index is 2.18. The molecule has 0 aliphatic rings. The molecular weight excluding hydrogens is 290 g/mol. The Labute approximate surface area is 116 Å². The molecule has 0 radical (unpaired) electrons. The highest BCUT2D eigenvalue weighted by molar-refractivity contribution is 9.10. The summed E-state index contributed by atoms with van der Waals surface area (Å²) < 4.78 is 1.06. The Kier molecular flexibility index (Phi) is 4.33. The summed E-state index contributed by atoms with van der Waals surface area (Å²) in [6, 6.07) is 10.3. The van der Waals surface area contributed by atoms with Crippen molar-refractivity contribution in [3.05, 3.63) is 58.3 Å². The molecule has 18 heavy (non-hydrogen) atoms. The van der Waals surface area contributed by atoms with E-state index in [1.54, 1.807) is 0 Å². The van der Waals surface area contributed by atoms with Gasteiger partial charge in [-0.25, -0.2) is 0 Å². The van der Waals surface area contributed by atoms with E-state index in [2.05, 4.69) is 45.0 Å². The van der Waals surface area contributed by atoms with Crippen molar-refractivity contribution in [2.45, 2.75) is 13.1 Å². The SMILES string of the molecule is CN(Cc1ccncc1)c1cc(Br)cc(CN)c1. The van der Waals surface area contributed by atoms with E-state index < -0.39 is 0 Å². The molecule has 0 fully saturated rings. The highest BCUT2D eigenvalue weighted by Crippen LogP contribution is 2.23. The predicted molar refractivity (Wildman–Crippen MR) is 78.4 cm³/mol. The van der Waals surface area contributed by atoms with Crippen molar-refractivity contribution < 1.29 is 0 Å². The summed E-state index contributed by atoms with van der Waals surface area (Å²) in [4.78, 5) is 6.22. The normalized spacial score (nSPS) is 10.4. The van der Waals surface area contributed by atoms with Crippen molar-refractivity contribution in [3.63, 3.8) is 0 Å². The zero-order valence-electron chi connectivity index (χ0n) is 10.3. The third-order valence-electron chi connectivity index (χ3n) is 2.79. The molecule has 4 heteroatoms. The molecule has 2 N–H and O–H groups in total. The van der Waals surface area contributed by atoms with Crippen LogP contribution in [-0.2, 0) is 13.1 Å². The monoisotopic (exact) mass is 305 g/mol. The first-order valence-corrected chi connectivity index (χ1v) is 6.58. The zero-order chi connectivity index (χ0) is 13.0. The summed E-state index contributed by atoms with van der Waals surface area (Å²) in [5.41, 5.74) is 9.21. The Morgan fingerprint density at radius 1 is 1.17 bits per heavy atom. The maximum absolute atomic E-state index is 5.69. The van der Waals surface area contributed by atoms with E-state index in [0.717, 1.165) is 22.3 Å². The topological polar surface area (TPSA) is 42.2 Å². The van der Waals surface area contributed by atoms with Crippen LogP contribution in [-0.4, -0.2) is 12.0 Å². The molecule has 3 nitrogen and oxygen atoms in total. The van der Waals surface area contributed by atoms with Gasteiger partial charge in [0, 0.05) is 42.7 Å². The number of hydrogen-bond acceptors (Lipinski definition) is 3. The number of hydrogen-bond donors (Lipinski definition) is 1. The van der Waals surface area contributed by atoms with E-state index in [4.69, 9.17) is 5.73 Å². The van der Waals surface area contributed by atoms with Gasteiger partial charge in [-0.3, -0.25) is 4.98 Å². The molecule has 0 spiro atoms. The van der Waals surface area contributed by atoms with E-state index >= 15 is 0 Å². The second-order valence-corrected chi connectivity index (χ2v) is 5.15. The van der Waals surface area contributed by atoms with Crippen LogP contribution in [0, 0.1) is 0 Å². The highest BCUT2D eigenvalue weighted by atomic mass is 79.9. The van der Waals surface area contributed by atoms with Crippen LogP contribution in [0.2, 0.25) is 0 Å². The number of anilines is 1. The van der Waals surface area contributed by atoms with Crippen LogP contribution in [0.4, 0.5) is 5.69 Å². The van der Waals surface area contributed by atoms with E-state index in [9.17, 15) is 0 Å². The number of nitrogens with two attached hydrogens (primary N) is 1. The van der Waals surface area contributed by atoms with Crippen molar-refractivity contribution in [1.82, 2.24) is 4.98 Å². The molecule has 0 unspecified atom stereocenters. The van der Waals surface area contributed by atoms with Crippen LogP contribution < -0.4 is 10.6 Å². The standard InChI is InChI=1S/C14H16BrN3/c1-18(10-11-2-4-17-5-3-11)14-7-12(9-16)6-13(15)8-14/h2-8H,9-10,16H2,1H3. The summed E-state index contributed by atoms with van der Waals surface area (Å²) in [7, 11) is 2.07. The molecule has 0 aliphatic carbocycles. The van der Waals surface area contributed by atoms with Gasteiger partial charge < -0.3 is 10.6 Å². The van der Waals surface area contributed by atoms with Crippen LogP contribution in [0.5, 0.6) is 0 Å². The van der Waals surface area contributed by atoms with Crippen LogP contribution >= 0.6 is 15.9 Å². The van der Waals surface area contributed by atoms with Crippen LogP contribution in [0.3, 0.4) is 0 Å². The van der Waals surface area contributed by atoms with Crippen LogP contribution in [0.25, 0.3) is 0 Å². The number of benzene rings is 1. The number of pyridine rings is 1. The van der Waals surface area contributed by atoms with Gasteiger partial charge in [0.05, 0.1) is 0 Å². The number of rotatable bonds is 4. The first kappa shape index (κ1) is 13.1. The van der Waals surface area contributed by atoms with Gasteiger partial charge in [-0.05, 0) is 41.5 Å². The van der Waals surface area contributed by atoms with Crippen molar-refractivity contribution in [1.29, 1.82) is 0 Å². The van der Waals surface area contributed by atoms with Crippen LogP contribution in [0.15, 0.2) is 47.2 Å². The van der Waals surface area contributed by atoms with E-state index in [1.165, 1.54) is 5.56 Å². The largest absolute Gasteiger partial charge is 0.370 e. The second-order valence-electron chi connectivity index (χ2n) is 4.23. The average Bonchev–Trinajstić information content (AvgIpc) is 2.39. The molecule has 0 saturated carbocycles. The molecule has 0 saturated heterocycles. The lowest BCUT2D eigenvalue weighted by Crippen LogP contribution is -2.16. The lowest BCUT2D eigenvalue weighted by molar-refractivity contribution is 0.915. The fourth-order valence-corrected chi connectivity index (χ4v) is 2.35. The summed E-state index contributed by atoms with van der Waals surface area (Å²) in [5.74, 6) is 0. The molecule has 1 aromatic heterocycles. The third-order valence-corrected chi connectivity index (χ3v) is 3.25. The van der Waals surface area contributed by atoms with Crippen molar-refractivity contribution in [2.24, 2.45) is 5.73 Å². The van der Waals surface area contributed by atoms with Gasteiger partial charge in [-0.15, -0.1) is 0 Å². The quantitative estimate of drug-likeness (QED) is 0.944. The van der Waals surface area contributed by atoms with E-state index in [-0.39, 0.29) is 0 Å². The Hall–Kier alpha value is -1.39. The van der Waals surface area contributed by atoms with Crippen molar-refractivity contribution >= 4 is 21.6 Å². The summed E-state index contributed by atoms with van der Waals surface area (Å²) in [6.45, 7) is 1.40. The van der Waals surface area contributed by atoms with E-state index in [0.29, 0.717) is 6.54 Å². The lowest BCUT2D eigenvalue weighted by atomic mass is 10.2. The summed E-state index contributed by atoms with van der Waals surface area (Å²) in [5, 5.41) is 0. The average molecular weight is 306 g/mol. The predicted octanol–water partition coefficient (Wildman–Crippen LogP) is 2.94. The fourth-order valence-electron chi connectivity index (χ4n) is 1.82. The van der Waals surface area contributed by atoms with Gasteiger partial charge in [-0.2, -0.15) is 0 Å². The van der Waals surface area contributed by atoms with Gasteiger partial charge in [0.1, 0.15) is 0 Å².